The number of fused-ring (bicyclic) bond motifs is 1. The van der Waals surface area contributed by atoms with Gasteiger partial charge in [-0.2, -0.15) is 0 Å². The molecule has 0 saturated carbocycles. The molecule has 31 heavy (non-hydrogen) atoms. The molecule has 6 nitrogen and oxygen atoms in total. The number of likely N-dealkylation sites (tertiary alicyclic amines) is 2. The molecule has 0 bridgehead atoms. The van der Waals surface area contributed by atoms with Crippen LogP contribution in [0.15, 0.2) is 73.1 Å². The Morgan fingerprint density at radius 1 is 1.06 bits per heavy atom. The van der Waals surface area contributed by atoms with Crippen molar-refractivity contribution in [2.45, 2.75) is 12.6 Å². The van der Waals surface area contributed by atoms with Crippen LogP contribution in [0.1, 0.15) is 5.56 Å². The second kappa shape index (κ2) is 8.57. The molecule has 2 fully saturated rings. The van der Waals surface area contributed by atoms with Gasteiger partial charge in [-0.25, -0.2) is 4.79 Å². The number of amides is 2. The summed E-state index contributed by atoms with van der Waals surface area (Å²) in [6.07, 6.45) is 3.35. The highest BCUT2D eigenvalue weighted by molar-refractivity contribution is 6.30. The van der Waals surface area contributed by atoms with Gasteiger partial charge >= 0.3 is 6.03 Å². The molecule has 7 heteroatoms. The minimum absolute atomic E-state index is 0.0549. The first-order valence-corrected chi connectivity index (χ1v) is 10.7. The number of halogens is 1. The van der Waals surface area contributed by atoms with Gasteiger partial charge in [0.2, 0.25) is 0 Å². The quantitative estimate of drug-likeness (QED) is 0.622. The smallest absolute Gasteiger partial charge is 0.321 e. The van der Waals surface area contributed by atoms with Crippen LogP contribution in [0, 0.1) is 5.92 Å². The summed E-state index contributed by atoms with van der Waals surface area (Å²) in [5.74, 6) is 2.10. The van der Waals surface area contributed by atoms with Gasteiger partial charge in [0.1, 0.15) is 11.5 Å². The fourth-order valence-electron chi connectivity index (χ4n) is 4.31. The molecule has 2 atom stereocenters. The number of nitrogens with zero attached hydrogens (tertiary/aromatic N) is 3. The van der Waals surface area contributed by atoms with Crippen LogP contribution in [-0.2, 0) is 6.54 Å². The molecule has 1 N–H and O–H groups in total. The lowest BCUT2D eigenvalue weighted by Crippen LogP contribution is -2.54. The highest BCUT2D eigenvalue weighted by Gasteiger charge is 2.46. The number of carbonyl (C=O) groups is 1. The Kier molecular flexibility index (Phi) is 5.49. The molecule has 2 saturated heterocycles. The van der Waals surface area contributed by atoms with Gasteiger partial charge in [0.15, 0.2) is 0 Å². The van der Waals surface area contributed by atoms with Crippen molar-refractivity contribution in [3.8, 4) is 11.5 Å². The molecule has 3 heterocycles. The van der Waals surface area contributed by atoms with E-state index in [4.69, 9.17) is 16.3 Å². The molecule has 158 valence electrons. The zero-order valence-corrected chi connectivity index (χ0v) is 17.7. The maximum atomic E-state index is 12.6. The van der Waals surface area contributed by atoms with Crippen molar-refractivity contribution in [3.05, 3.63) is 83.6 Å². The monoisotopic (exact) mass is 434 g/mol. The molecule has 2 aliphatic rings. The Labute approximate surface area is 186 Å². The Bertz CT molecular complexity index is 1060. The molecule has 0 aliphatic carbocycles. The number of rotatable bonds is 5. The van der Waals surface area contributed by atoms with Gasteiger partial charge in [-0.3, -0.25) is 9.88 Å². The molecule has 1 aromatic heterocycles. The Morgan fingerprint density at radius 3 is 2.74 bits per heavy atom. The summed E-state index contributed by atoms with van der Waals surface area (Å²) in [4.78, 5) is 21.0. The van der Waals surface area contributed by atoms with E-state index in [1.807, 2.05) is 53.4 Å². The van der Waals surface area contributed by atoms with Crippen molar-refractivity contribution in [2.24, 2.45) is 5.92 Å². The zero-order valence-electron chi connectivity index (χ0n) is 16.9. The number of pyridine rings is 1. The molecule has 5 rings (SSSR count). The van der Waals surface area contributed by atoms with Crippen molar-refractivity contribution in [1.29, 1.82) is 0 Å². The highest BCUT2D eigenvalue weighted by atomic mass is 35.5. The van der Waals surface area contributed by atoms with E-state index in [-0.39, 0.29) is 6.03 Å². The third-order valence-electron chi connectivity index (χ3n) is 5.88. The number of anilines is 1. The summed E-state index contributed by atoms with van der Waals surface area (Å²) in [6.45, 7) is 3.39. The fraction of sp³-hybridized carbons (Fsp3) is 0.250. The second-order valence-electron chi connectivity index (χ2n) is 8.04. The maximum absolute atomic E-state index is 12.6. The van der Waals surface area contributed by atoms with E-state index in [1.54, 1.807) is 12.4 Å². The number of ether oxygens (including phenoxy) is 1. The van der Waals surface area contributed by atoms with Crippen LogP contribution in [0.2, 0.25) is 5.02 Å². The molecule has 0 unspecified atom stereocenters. The molecule has 0 radical (unpaired) electrons. The van der Waals surface area contributed by atoms with E-state index in [2.05, 4.69) is 27.3 Å². The van der Waals surface area contributed by atoms with Gasteiger partial charge in [-0.1, -0.05) is 23.7 Å². The summed E-state index contributed by atoms with van der Waals surface area (Å²) in [7, 11) is 0. The van der Waals surface area contributed by atoms with Crippen LogP contribution >= 0.6 is 11.6 Å². The Morgan fingerprint density at radius 2 is 1.94 bits per heavy atom. The highest BCUT2D eigenvalue weighted by Crippen LogP contribution is 2.34. The number of carbonyl (C=O) groups excluding carboxylic acids is 1. The van der Waals surface area contributed by atoms with Crippen LogP contribution < -0.4 is 10.1 Å². The van der Waals surface area contributed by atoms with Crippen molar-refractivity contribution >= 4 is 23.3 Å². The van der Waals surface area contributed by atoms with Gasteiger partial charge in [-0.05, 0) is 54.1 Å². The first-order valence-electron chi connectivity index (χ1n) is 10.4. The number of aromatic nitrogens is 1. The van der Waals surface area contributed by atoms with Crippen LogP contribution in [0.4, 0.5) is 10.5 Å². The SMILES string of the molecule is O=C(Nc1cccnc1)N1C[C@@H]2CN(Cc3cccc(Oc4ccc(Cl)cc4)c3)[C@@H]2C1. The molecule has 3 aromatic rings. The average Bonchev–Trinajstić information content (AvgIpc) is 3.12. The predicted octanol–water partition coefficient (Wildman–Crippen LogP) is 4.88. The van der Waals surface area contributed by atoms with Crippen molar-refractivity contribution < 1.29 is 9.53 Å². The topological polar surface area (TPSA) is 57.7 Å². The van der Waals surface area contributed by atoms with Gasteiger partial charge in [0, 0.05) is 49.4 Å². The Hall–Kier alpha value is -3.09. The molecular formula is C24H23ClN4O2. The van der Waals surface area contributed by atoms with E-state index in [0.29, 0.717) is 17.0 Å². The lowest BCUT2D eigenvalue weighted by atomic mass is 9.91. The van der Waals surface area contributed by atoms with Gasteiger partial charge in [0.25, 0.3) is 0 Å². The van der Waals surface area contributed by atoms with Crippen molar-refractivity contribution in [3.63, 3.8) is 0 Å². The average molecular weight is 435 g/mol. The molecule has 2 aromatic carbocycles. The van der Waals surface area contributed by atoms with Crippen LogP contribution in [-0.4, -0.2) is 46.5 Å². The summed E-state index contributed by atoms with van der Waals surface area (Å²) in [5, 5.41) is 3.62. The lowest BCUT2D eigenvalue weighted by molar-refractivity contribution is 0.0434. The van der Waals surface area contributed by atoms with Crippen molar-refractivity contribution in [2.75, 3.05) is 25.0 Å². The van der Waals surface area contributed by atoms with E-state index in [0.717, 1.165) is 43.4 Å². The summed E-state index contributed by atoms with van der Waals surface area (Å²) in [6, 6.07) is 19.5. The number of urea groups is 1. The van der Waals surface area contributed by atoms with Gasteiger partial charge < -0.3 is 15.0 Å². The van der Waals surface area contributed by atoms with E-state index in [9.17, 15) is 4.79 Å². The molecule has 2 amide bonds. The minimum atomic E-state index is -0.0549. The molecule has 0 spiro atoms. The standard InChI is InChI=1S/C24H23ClN4O2/c25-19-6-8-21(9-7-19)31-22-5-1-3-17(11-22)13-28-14-18-15-29(16-23(18)28)24(30)27-20-4-2-10-26-12-20/h1-12,18,23H,13-16H2,(H,27,30)/t18-,23+/m0/s1. The van der Waals surface area contributed by atoms with E-state index >= 15 is 0 Å². The lowest BCUT2D eigenvalue weighted by Gasteiger charge is -2.43. The van der Waals surface area contributed by atoms with Gasteiger partial charge in [0.05, 0.1) is 11.9 Å². The number of nitrogens with one attached hydrogen (secondary N) is 1. The zero-order chi connectivity index (χ0) is 21.2. The van der Waals surface area contributed by atoms with E-state index in [1.165, 1.54) is 5.56 Å². The predicted molar refractivity (Wildman–Crippen MR) is 120 cm³/mol. The van der Waals surface area contributed by atoms with Crippen molar-refractivity contribution in [1.82, 2.24) is 14.8 Å². The molecular weight excluding hydrogens is 412 g/mol. The first-order chi connectivity index (χ1) is 15.1. The third-order valence-corrected chi connectivity index (χ3v) is 6.13. The number of hydrogen-bond acceptors (Lipinski definition) is 4. The molecule has 2 aliphatic heterocycles. The summed E-state index contributed by atoms with van der Waals surface area (Å²) in [5.41, 5.74) is 1.92. The second-order valence-corrected chi connectivity index (χ2v) is 8.47. The van der Waals surface area contributed by atoms with Gasteiger partial charge in [-0.15, -0.1) is 0 Å². The number of hydrogen-bond donors (Lipinski definition) is 1. The van der Waals surface area contributed by atoms with E-state index < -0.39 is 0 Å². The summed E-state index contributed by atoms with van der Waals surface area (Å²) >= 11 is 5.94. The normalized spacial score (nSPS) is 20.1. The van der Waals surface area contributed by atoms with Crippen LogP contribution in [0.3, 0.4) is 0 Å². The fourth-order valence-corrected chi connectivity index (χ4v) is 4.44. The third kappa shape index (κ3) is 4.50. The Balaban J connectivity index is 1.17. The number of benzene rings is 2. The first kappa shape index (κ1) is 19.8. The largest absolute Gasteiger partial charge is 0.457 e. The summed E-state index contributed by atoms with van der Waals surface area (Å²) < 4.78 is 5.96. The van der Waals surface area contributed by atoms with Crippen LogP contribution in [0.25, 0.3) is 0 Å². The maximum Gasteiger partial charge on any atom is 0.321 e. The minimum Gasteiger partial charge on any atom is -0.457 e. The van der Waals surface area contributed by atoms with Crippen LogP contribution in [0.5, 0.6) is 11.5 Å².